The van der Waals surface area contributed by atoms with Crippen LogP contribution in [0.4, 0.5) is 0 Å². The molecule has 44 heteroatoms. The Morgan fingerprint density at radius 3 is 0.265 bits per heavy atom. The third-order valence-corrected chi connectivity index (χ3v) is 27.7. The minimum Gasteiger partial charge on any atom is -0.282 e. The van der Waals surface area contributed by atoms with Crippen LogP contribution in [0.2, 0.25) is 0 Å². The number of rotatable bonds is 18. The van der Waals surface area contributed by atoms with E-state index < -0.39 is 115 Å². The van der Waals surface area contributed by atoms with Gasteiger partial charge in [0.1, 0.15) is 0 Å². The van der Waals surface area contributed by atoms with E-state index in [-0.39, 0.29) is 159 Å². The normalized spacial score (nSPS) is 12.1. The van der Waals surface area contributed by atoms with Gasteiger partial charge in [-0.05, 0) is 181 Å². The molecule has 9 aromatic carbocycles. The summed E-state index contributed by atoms with van der Waals surface area (Å²) in [5.41, 5.74) is 0. The van der Waals surface area contributed by atoms with Gasteiger partial charge < -0.3 is 0 Å². The summed E-state index contributed by atoms with van der Waals surface area (Å²) in [6.07, 6.45) is 0. The van der Waals surface area contributed by atoms with Crippen molar-refractivity contribution in [3.8, 4) is 0 Å². The molecule has 0 bridgehead atoms. The van der Waals surface area contributed by atoms with Crippen molar-refractivity contribution in [3.63, 3.8) is 0 Å². The average molecular weight is 1800 g/mol. The molecule has 0 radical (unpaired) electrons. The Labute approximate surface area is 648 Å². The smallest absolute Gasteiger partial charge is 0.282 e. The molecule has 0 aliphatic carbocycles. The molecule has 0 saturated carbocycles. The van der Waals surface area contributed by atoms with Crippen LogP contribution in [0.1, 0.15) is 0 Å². The van der Waals surface area contributed by atoms with Crippen LogP contribution >= 0.6 is 23.8 Å². The van der Waals surface area contributed by atoms with Gasteiger partial charge in [0.25, 0.3) is 91.1 Å². The summed E-state index contributed by atoms with van der Waals surface area (Å²) in [5.74, 6) is 0. The van der Waals surface area contributed by atoms with Crippen LogP contribution in [-0.2, 0) is 113 Å². The second-order valence-corrected chi connectivity index (χ2v) is 38.2. The van der Waals surface area contributed by atoms with E-state index in [1.807, 2.05) is 0 Å². The maximum Gasteiger partial charge on any atom is 3.00 e. The molecule has 9 rings (SSSR count). The van der Waals surface area contributed by atoms with Crippen molar-refractivity contribution in [3.05, 3.63) is 218 Å². The van der Waals surface area contributed by atoms with Gasteiger partial charge in [-0.3, -0.25) is 41.0 Å². The van der Waals surface area contributed by atoms with Crippen molar-refractivity contribution in [2.75, 3.05) is 0 Å². The van der Waals surface area contributed by atoms with Crippen LogP contribution in [-0.4, -0.2) is 209 Å². The summed E-state index contributed by atoms with van der Waals surface area (Å²) < 4.78 is 286. The molecule has 0 aliphatic heterocycles. The summed E-state index contributed by atoms with van der Waals surface area (Å²) in [5, 5.41) is 5.51. The molecule has 0 aliphatic rings. The maximum absolute atomic E-state index is 11.3. The average Bonchev–Trinajstić information content (AvgIpc) is 0.805. The molecule has 0 aromatic heterocycles. The first-order valence-corrected chi connectivity index (χ1v) is 41.9. The first-order chi connectivity index (χ1) is 42.8. The summed E-state index contributed by atoms with van der Waals surface area (Å²) in [7, 11) is -43.9. The fraction of sp³-hybridized carbons (Fsp3) is 0. The Morgan fingerprint density at radius 2 is 0.214 bits per heavy atom. The van der Waals surface area contributed by atoms with Crippen LogP contribution in [0.25, 0.3) is 0 Å². The molecule has 27 nitrogen and oxygen atoms in total. The van der Waals surface area contributed by atoms with Crippen molar-refractivity contribution < 1.29 is 139 Å². The van der Waals surface area contributed by atoms with Gasteiger partial charge in [-0.25, -0.2) is 0 Å². The molecule has 9 N–H and O–H groups in total. The van der Waals surface area contributed by atoms with Crippen molar-refractivity contribution >= 4 is 255 Å². The SMILES string of the molecule is O=S(=O)(O)c1ccc(P(c2ccc(S(=O)(=O)O)cc2)c2ccc(S(=O)(=O)O)cc2)cc1.O=S(=O)(O)c1ccc(P(c2ccc(S(=O)(=O)O)cc2)c2ccc(S(=O)(=O)O)cc2)cc1.O=S(=O)(O)c1ccc(P(c2ccc(S(=O)(=O)O)cc2)c2ccc(S(=O)(=O)O)cc2)cc1.[Au+3].[Mg+2].[Mg+2].[Mg+2].[Mg+2]. The van der Waals surface area contributed by atoms with Gasteiger partial charge in [-0.15, -0.1) is 0 Å². The Bertz CT molecular complexity index is 4270. The number of hydrogen-bond donors (Lipinski definition) is 9. The second-order valence-electron chi connectivity index (χ2n) is 18.7. The van der Waals surface area contributed by atoms with Gasteiger partial charge in [-0.1, -0.05) is 109 Å². The predicted molar refractivity (Wildman–Crippen MR) is 367 cm³/mol. The molecule has 0 spiro atoms. The third-order valence-electron chi connectivity index (χ3n) is 12.5. The first-order valence-electron chi connectivity index (χ1n) is 24.9. The van der Waals surface area contributed by atoms with Crippen molar-refractivity contribution in [1.29, 1.82) is 0 Å². The van der Waals surface area contributed by atoms with Crippen LogP contribution in [0.5, 0.6) is 0 Å². The zero-order valence-corrected chi connectivity index (χ0v) is 67.2. The molecule has 0 fully saturated rings. The molecule has 0 heterocycles. The van der Waals surface area contributed by atoms with Crippen molar-refractivity contribution in [1.82, 2.24) is 0 Å². The maximum atomic E-state index is 11.3. The molecule has 98 heavy (non-hydrogen) atoms. The molecule has 500 valence electrons. The zero-order valence-electron chi connectivity index (χ0n) is 49.3. The molecular weight excluding hydrogens is 1760 g/mol. The fourth-order valence-electron chi connectivity index (χ4n) is 8.25. The predicted octanol–water partition coefficient (Wildman–Crippen LogP) is 2.03. The van der Waals surface area contributed by atoms with Gasteiger partial charge in [-0.2, -0.15) is 75.8 Å². The Hall–Kier alpha value is -2.73. The summed E-state index contributed by atoms with van der Waals surface area (Å²) in [4.78, 5) is -2.79. The van der Waals surface area contributed by atoms with Gasteiger partial charge in [0.15, 0.2) is 0 Å². The van der Waals surface area contributed by atoms with Crippen molar-refractivity contribution in [2.45, 2.75) is 44.1 Å². The monoisotopic (exact) mass is 1800 g/mol. The van der Waals surface area contributed by atoms with Crippen LogP contribution in [0.15, 0.2) is 262 Å². The van der Waals surface area contributed by atoms with E-state index in [4.69, 9.17) is 0 Å². The van der Waals surface area contributed by atoms with Gasteiger partial charge in [0.05, 0.1) is 44.1 Å². The van der Waals surface area contributed by atoms with Gasteiger partial charge in [0.2, 0.25) is 0 Å². The van der Waals surface area contributed by atoms with E-state index in [0.29, 0.717) is 47.7 Å². The molecule has 0 amide bonds. The topological polar surface area (TPSA) is 489 Å². The van der Waals surface area contributed by atoms with E-state index in [9.17, 15) is 117 Å². The zero-order chi connectivity index (χ0) is 69.1. The Kier molecular flexibility index (Phi) is 33.8. The van der Waals surface area contributed by atoms with Crippen molar-refractivity contribution in [2.24, 2.45) is 0 Å². The number of benzene rings is 9. The molecule has 9 aromatic rings. The minimum absolute atomic E-state index is 0. The van der Waals surface area contributed by atoms with Crippen LogP contribution in [0, 0.1) is 0 Å². The summed E-state index contributed by atoms with van der Waals surface area (Å²) in [6.45, 7) is 0. The minimum atomic E-state index is -4.40. The van der Waals surface area contributed by atoms with E-state index in [1.54, 1.807) is 0 Å². The van der Waals surface area contributed by atoms with Crippen LogP contribution in [0.3, 0.4) is 0 Å². The standard InChI is InChI=1S/3C18H15O9PS3.Au.4Mg/c3*19-29(20,21)16-7-1-13(2-8-16)28(14-3-9-17(10-4-14)30(22,23)24)15-5-11-18(12-6-15)31(25,26)27;;;;;/h3*1-12H,(H,19,20,21)(H,22,23,24)(H,25,26,27);;;;;/q;;;+3;4*+2. The second kappa shape index (κ2) is 36.3. The van der Waals surface area contributed by atoms with Gasteiger partial charge >= 0.3 is 115 Å². The fourth-order valence-corrected chi connectivity index (χ4v) is 19.3. The van der Waals surface area contributed by atoms with E-state index in [2.05, 4.69) is 0 Å². The third kappa shape index (κ3) is 25.3. The van der Waals surface area contributed by atoms with E-state index in [1.165, 1.54) is 218 Å². The molecule has 0 atom stereocenters. The Balaban J connectivity index is 0.000000488. The largest absolute Gasteiger partial charge is 3.00 e. The molecule has 0 saturated heterocycles. The Morgan fingerprint density at radius 1 is 0.153 bits per heavy atom. The summed E-state index contributed by atoms with van der Waals surface area (Å²) >= 11 is 0. The molecule has 0 unspecified atom stereocenters. The van der Waals surface area contributed by atoms with Gasteiger partial charge in [0, 0.05) is 0 Å². The van der Waals surface area contributed by atoms with Crippen LogP contribution < -0.4 is 47.7 Å². The summed E-state index contributed by atoms with van der Waals surface area (Å²) in [6, 6.07) is 48.3. The van der Waals surface area contributed by atoms with E-state index >= 15 is 0 Å². The quantitative estimate of drug-likeness (QED) is 0.0337. The first kappa shape index (κ1) is 91.3. The number of hydrogen-bond acceptors (Lipinski definition) is 18. The molecular formula is C54H45AuMg4O27P3S9+11. The van der Waals surface area contributed by atoms with E-state index in [0.717, 1.165) is 0 Å².